The van der Waals surface area contributed by atoms with Crippen molar-refractivity contribution in [2.24, 2.45) is 0 Å². The molecule has 0 aliphatic heterocycles. The fourth-order valence-corrected chi connectivity index (χ4v) is 2.11. The first kappa shape index (κ1) is 13.1. The second-order valence-corrected chi connectivity index (χ2v) is 5.25. The zero-order valence-electron chi connectivity index (χ0n) is 10.6. The van der Waals surface area contributed by atoms with E-state index in [-0.39, 0.29) is 0 Å². The van der Waals surface area contributed by atoms with E-state index in [9.17, 15) is 0 Å². The fraction of sp³-hybridized carbons (Fsp3) is 0.357. The molecule has 0 amide bonds. The molecule has 1 N–H and O–H groups in total. The van der Waals surface area contributed by atoms with Gasteiger partial charge in [-0.1, -0.05) is 0 Å². The highest BCUT2D eigenvalue weighted by atomic mass is 79.9. The van der Waals surface area contributed by atoms with Gasteiger partial charge in [-0.05, 0) is 60.0 Å². The van der Waals surface area contributed by atoms with Crippen molar-refractivity contribution in [1.29, 1.82) is 0 Å². The van der Waals surface area contributed by atoms with E-state index in [0.717, 1.165) is 28.9 Å². The van der Waals surface area contributed by atoms with Crippen LogP contribution in [-0.4, -0.2) is 11.0 Å². The van der Waals surface area contributed by atoms with Crippen LogP contribution in [-0.2, 0) is 6.42 Å². The number of hydrogen-bond donors (Lipinski definition) is 1. The zero-order chi connectivity index (χ0) is 13.0. The molecule has 2 aromatic heterocycles. The summed E-state index contributed by atoms with van der Waals surface area (Å²) in [5, 5.41) is 3.41. The minimum atomic E-state index is 0.348. The number of rotatable bonds is 5. The van der Waals surface area contributed by atoms with Crippen LogP contribution in [0.25, 0.3) is 0 Å². The maximum atomic E-state index is 5.32. The smallest absolute Gasteiger partial charge is 0.140 e. The van der Waals surface area contributed by atoms with Crippen LogP contribution in [0.2, 0.25) is 0 Å². The van der Waals surface area contributed by atoms with E-state index in [1.54, 1.807) is 6.26 Å². The first-order valence-corrected chi connectivity index (χ1v) is 6.86. The minimum absolute atomic E-state index is 0.348. The molecule has 0 spiro atoms. The summed E-state index contributed by atoms with van der Waals surface area (Å²) in [6, 6.07) is 6.27. The molecule has 0 aliphatic carbocycles. The summed E-state index contributed by atoms with van der Waals surface area (Å²) < 4.78 is 6.36. The van der Waals surface area contributed by atoms with Gasteiger partial charge in [0, 0.05) is 18.7 Å². The molecule has 0 saturated heterocycles. The van der Waals surface area contributed by atoms with E-state index in [2.05, 4.69) is 40.1 Å². The summed E-state index contributed by atoms with van der Waals surface area (Å²) in [6.07, 6.45) is 5.48. The van der Waals surface area contributed by atoms with Crippen LogP contribution in [0.5, 0.6) is 0 Å². The summed E-state index contributed by atoms with van der Waals surface area (Å²) in [4.78, 5) is 4.34. The highest BCUT2D eigenvalue weighted by molar-refractivity contribution is 9.10. The number of nitrogens with one attached hydrogen (secondary N) is 1. The standard InChI is InChI=1S/C14H17BrN2O/c1-10-7-8-16-14(13(10)15)17-11(2)5-6-12-4-3-9-18-12/h3-4,7-9,11H,5-6H2,1-2H3,(H,16,17). The van der Waals surface area contributed by atoms with Gasteiger partial charge in [0.15, 0.2) is 0 Å². The molecule has 2 heterocycles. The van der Waals surface area contributed by atoms with Gasteiger partial charge in [0.2, 0.25) is 0 Å². The Bertz CT molecular complexity index is 497. The minimum Gasteiger partial charge on any atom is -0.469 e. The number of aryl methyl sites for hydroxylation is 2. The molecule has 0 aromatic carbocycles. The van der Waals surface area contributed by atoms with Gasteiger partial charge in [-0.15, -0.1) is 0 Å². The van der Waals surface area contributed by atoms with Crippen LogP contribution in [0.4, 0.5) is 5.82 Å². The normalized spacial score (nSPS) is 12.4. The van der Waals surface area contributed by atoms with Gasteiger partial charge in [0.05, 0.1) is 10.7 Å². The molecule has 0 fully saturated rings. The van der Waals surface area contributed by atoms with Crippen molar-refractivity contribution in [3.8, 4) is 0 Å². The molecule has 0 bridgehead atoms. The zero-order valence-corrected chi connectivity index (χ0v) is 12.2. The quantitative estimate of drug-likeness (QED) is 0.900. The van der Waals surface area contributed by atoms with Crippen LogP contribution in [0.1, 0.15) is 24.7 Å². The van der Waals surface area contributed by atoms with Gasteiger partial charge in [-0.3, -0.25) is 0 Å². The number of anilines is 1. The summed E-state index contributed by atoms with van der Waals surface area (Å²) in [5.41, 5.74) is 1.19. The van der Waals surface area contributed by atoms with E-state index in [1.807, 2.05) is 24.4 Å². The molecule has 0 saturated carbocycles. The highest BCUT2D eigenvalue weighted by Crippen LogP contribution is 2.24. The van der Waals surface area contributed by atoms with Crippen LogP contribution < -0.4 is 5.32 Å². The molecular formula is C14H17BrN2O. The van der Waals surface area contributed by atoms with Gasteiger partial charge >= 0.3 is 0 Å². The topological polar surface area (TPSA) is 38.1 Å². The first-order chi connectivity index (χ1) is 8.66. The molecule has 18 heavy (non-hydrogen) atoms. The molecule has 3 nitrogen and oxygen atoms in total. The van der Waals surface area contributed by atoms with Crippen LogP contribution in [0.3, 0.4) is 0 Å². The number of nitrogens with zero attached hydrogens (tertiary/aromatic N) is 1. The lowest BCUT2D eigenvalue weighted by Crippen LogP contribution is -2.17. The van der Waals surface area contributed by atoms with E-state index in [1.165, 1.54) is 5.56 Å². The molecule has 4 heteroatoms. The largest absolute Gasteiger partial charge is 0.469 e. The third-order valence-corrected chi connectivity index (χ3v) is 3.87. The molecule has 1 unspecified atom stereocenters. The maximum absolute atomic E-state index is 5.32. The first-order valence-electron chi connectivity index (χ1n) is 6.07. The van der Waals surface area contributed by atoms with E-state index in [0.29, 0.717) is 6.04 Å². The Labute approximate surface area is 116 Å². The average molecular weight is 309 g/mol. The SMILES string of the molecule is Cc1ccnc(NC(C)CCc2ccco2)c1Br. The number of pyridine rings is 1. The highest BCUT2D eigenvalue weighted by Gasteiger charge is 2.08. The Morgan fingerprint density at radius 3 is 3.00 bits per heavy atom. The van der Waals surface area contributed by atoms with Crippen molar-refractivity contribution in [2.45, 2.75) is 32.7 Å². The van der Waals surface area contributed by atoms with Gasteiger partial charge in [0.1, 0.15) is 11.6 Å². The molecule has 96 valence electrons. The van der Waals surface area contributed by atoms with Crippen molar-refractivity contribution in [3.05, 3.63) is 46.5 Å². The third-order valence-electron chi connectivity index (χ3n) is 2.87. The summed E-state index contributed by atoms with van der Waals surface area (Å²) in [5.74, 6) is 1.93. The predicted octanol–water partition coefficient (Wildman–Crippen LogP) is 4.18. The predicted molar refractivity (Wildman–Crippen MR) is 76.8 cm³/mol. The molecular weight excluding hydrogens is 292 g/mol. The van der Waals surface area contributed by atoms with Gasteiger partial charge in [0.25, 0.3) is 0 Å². The van der Waals surface area contributed by atoms with Crippen LogP contribution in [0.15, 0.2) is 39.5 Å². The van der Waals surface area contributed by atoms with Gasteiger partial charge < -0.3 is 9.73 Å². The van der Waals surface area contributed by atoms with E-state index < -0.39 is 0 Å². The van der Waals surface area contributed by atoms with Crippen molar-refractivity contribution < 1.29 is 4.42 Å². The van der Waals surface area contributed by atoms with Crippen LogP contribution >= 0.6 is 15.9 Å². The summed E-state index contributed by atoms with van der Waals surface area (Å²) in [7, 11) is 0. The lowest BCUT2D eigenvalue weighted by molar-refractivity contribution is 0.495. The van der Waals surface area contributed by atoms with Crippen molar-refractivity contribution in [2.75, 3.05) is 5.32 Å². The summed E-state index contributed by atoms with van der Waals surface area (Å²) >= 11 is 3.55. The molecule has 0 radical (unpaired) electrons. The van der Waals surface area contributed by atoms with Crippen molar-refractivity contribution >= 4 is 21.7 Å². The lowest BCUT2D eigenvalue weighted by Gasteiger charge is -2.15. The molecule has 1 atom stereocenters. The Balaban J connectivity index is 1.90. The lowest BCUT2D eigenvalue weighted by atomic mass is 10.1. The number of hydrogen-bond acceptors (Lipinski definition) is 3. The van der Waals surface area contributed by atoms with Crippen molar-refractivity contribution in [1.82, 2.24) is 4.98 Å². The maximum Gasteiger partial charge on any atom is 0.140 e. The molecule has 2 aromatic rings. The number of halogens is 1. The van der Waals surface area contributed by atoms with Crippen molar-refractivity contribution in [3.63, 3.8) is 0 Å². The summed E-state index contributed by atoms with van der Waals surface area (Å²) in [6.45, 7) is 4.21. The van der Waals surface area contributed by atoms with Crippen LogP contribution in [0, 0.1) is 6.92 Å². The second-order valence-electron chi connectivity index (χ2n) is 4.45. The number of aromatic nitrogens is 1. The van der Waals surface area contributed by atoms with Gasteiger partial charge in [-0.25, -0.2) is 4.98 Å². The van der Waals surface area contributed by atoms with E-state index >= 15 is 0 Å². The van der Waals surface area contributed by atoms with Gasteiger partial charge in [-0.2, -0.15) is 0 Å². The third kappa shape index (κ3) is 3.35. The molecule has 0 aliphatic rings. The monoisotopic (exact) mass is 308 g/mol. The molecule has 2 rings (SSSR count). The second kappa shape index (κ2) is 6.05. The number of furan rings is 1. The fourth-order valence-electron chi connectivity index (χ4n) is 1.76. The Kier molecular flexibility index (Phi) is 4.42. The Morgan fingerprint density at radius 2 is 2.28 bits per heavy atom. The van der Waals surface area contributed by atoms with E-state index in [4.69, 9.17) is 4.42 Å². The Morgan fingerprint density at radius 1 is 1.44 bits per heavy atom. The average Bonchev–Trinajstić information content (AvgIpc) is 2.86. The Hall–Kier alpha value is -1.29.